The van der Waals surface area contributed by atoms with Crippen molar-refractivity contribution in [3.8, 4) is 0 Å². The first kappa shape index (κ1) is 13.2. The van der Waals surface area contributed by atoms with E-state index in [2.05, 4.69) is 45.1 Å². The number of furan rings is 1. The molecule has 2 heteroatoms. The highest BCUT2D eigenvalue weighted by Gasteiger charge is 2.16. The van der Waals surface area contributed by atoms with Crippen molar-refractivity contribution in [3.05, 3.63) is 34.6 Å². The van der Waals surface area contributed by atoms with Crippen LogP contribution in [0.25, 0.3) is 11.0 Å². The Morgan fingerprint density at radius 2 is 1.94 bits per heavy atom. The highest BCUT2D eigenvalue weighted by atomic mass is 16.3. The van der Waals surface area contributed by atoms with E-state index < -0.39 is 0 Å². The monoisotopic (exact) mass is 245 g/mol. The number of nitrogens with one attached hydrogen (secondary N) is 1. The van der Waals surface area contributed by atoms with Gasteiger partial charge in [-0.2, -0.15) is 0 Å². The van der Waals surface area contributed by atoms with Crippen molar-refractivity contribution in [1.82, 2.24) is 5.32 Å². The summed E-state index contributed by atoms with van der Waals surface area (Å²) in [4.78, 5) is 0. The predicted octanol–water partition coefficient (Wildman–Crippen LogP) is 3.97. The van der Waals surface area contributed by atoms with E-state index in [-0.39, 0.29) is 0 Å². The molecule has 0 unspecified atom stereocenters. The molecule has 2 aromatic rings. The summed E-state index contributed by atoms with van der Waals surface area (Å²) in [5.41, 5.74) is 5.00. The molecule has 0 aliphatic carbocycles. The van der Waals surface area contributed by atoms with Crippen molar-refractivity contribution in [2.45, 2.75) is 40.7 Å². The molecule has 1 heterocycles. The Balaban J connectivity index is 2.63. The summed E-state index contributed by atoms with van der Waals surface area (Å²) >= 11 is 0. The van der Waals surface area contributed by atoms with Crippen molar-refractivity contribution >= 4 is 11.0 Å². The van der Waals surface area contributed by atoms with Crippen molar-refractivity contribution in [2.75, 3.05) is 7.05 Å². The molecule has 0 atom stereocenters. The van der Waals surface area contributed by atoms with E-state index in [0.29, 0.717) is 5.92 Å². The molecule has 0 spiro atoms. The lowest BCUT2D eigenvalue weighted by Gasteiger charge is -2.06. The fourth-order valence-corrected chi connectivity index (χ4v) is 2.43. The lowest BCUT2D eigenvalue weighted by atomic mass is 9.97. The van der Waals surface area contributed by atoms with Crippen LogP contribution in [0.1, 0.15) is 36.3 Å². The number of hydrogen-bond donors (Lipinski definition) is 1. The number of benzene rings is 1. The first-order valence-electron chi connectivity index (χ1n) is 6.69. The minimum atomic E-state index is 0.642. The maximum Gasteiger partial charge on any atom is 0.137 e. The van der Waals surface area contributed by atoms with E-state index in [1.165, 1.54) is 22.1 Å². The van der Waals surface area contributed by atoms with Crippen LogP contribution >= 0.6 is 0 Å². The van der Waals surface area contributed by atoms with Gasteiger partial charge in [0, 0.05) is 10.9 Å². The van der Waals surface area contributed by atoms with Crippen LogP contribution in [0.5, 0.6) is 0 Å². The number of aryl methyl sites for hydroxylation is 2. The first-order valence-corrected chi connectivity index (χ1v) is 6.69. The van der Waals surface area contributed by atoms with Crippen LogP contribution in [0, 0.1) is 19.8 Å². The van der Waals surface area contributed by atoms with E-state index in [9.17, 15) is 0 Å². The zero-order chi connectivity index (χ0) is 13.3. The zero-order valence-electron chi connectivity index (χ0n) is 12.1. The first-order chi connectivity index (χ1) is 8.54. The molecular formula is C16H23NO. The summed E-state index contributed by atoms with van der Waals surface area (Å²) in [7, 11) is 1.96. The number of rotatable bonds is 4. The van der Waals surface area contributed by atoms with Gasteiger partial charge in [0.25, 0.3) is 0 Å². The lowest BCUT2D eigenvalue weighted by Crippen LogP contribution is -2.07. The molecule has 0 radical (unpaired) electrons. The zero-order valence-corrected chi connectivity index (χ0v) is 12.1. The third-order valence-electron chi connectivity index (χ3n) is 3.51. The van der Waals surface area contributed by atoms with Gasteiger partial charge in [-0.05, 0) is 44.4 Å². The average Bonchev–Trinajstić information content (AvgIpc) is 2.63. The van der Waals surface area contributed by atoms with Crippen molar-refractivity contribution in [2.24, 2.45) is 5.92 Å². The molecule has 1 N–H and O–H groups in total. The molecule has 0 saturated heterocycles. The fraction of sp³-hybridized carbons (Fsp3) is 0.500. The van der Waals surface area contributed by atoms with Gasteiger partial charge < -0.3 is 9.73 Å². The Bertz CT molecular complexity index is 552. The highest BCUT2D eigenvalue weighted by Crippen LogP contribution is 2.31. The molecular weight excluding hydrogens is 222 g/mol. The minimum Gasteiger partial charge on any atom is -0.459 e. The molecule has 2 rings (SSSR count). The van der Waals surface area contributed by atoms with Gasteiger partial charge in [-0.25, -0.2) is 0 Å². The van der Waals surface area contributed by atoms with Gasteiger partial charge in [-0.3, -0.25) is 0 Å². The SMILES string of the molecule is CNCc1oc2c(C)c(C)ccc2c1CC(C)C. The Kier molecular flexibility index (Phi) is 3.76. The molecule has 98 valence electrons. The smallest absolute Gasteiger partial charge is 0.137 e. The molecule has 18 heavy (non-hydrogen) atoms. The third-order valence-corrected chi connectivity index (χ3v) is 3.51. The van der Waals surface area contributed by atoms with Crippen LogP contribution in [-0.2, 0) is 13.0 Å². The maximum atomic E-state index is 6.09. The second kappa shape index (κ2) is 5.15. The Morgan fingerprint density at radius 3 is 2.56 bits per heavy atom. The molecule has 0 fully saturated rings. The molecule has 2 nitrogen and oxygen atoms in total. The summed E-state index contributed by atoms with van der Waals surface area (Å²) in [5.74, 6) is 1.73. The third kappa shape index (κ3) is 2.30. The Labute approximate surface area is 109 Å². The fourth-order valence-electron chi connectivity index (χ4n) is 2.43. The van der Waals surface area contributed by atoms with E-state index >= 15 is 0 Å². The van der Waals surface area contributed by atoms with Gasteiger partial charge in [0.1, 0.15) is 11.3 Å². The van der Waals surface area contributed by atoms with E-state index in [1.54, 1.807) is 0 Å². The van der Waals surface area contributed by atoms with Gasteiger partial charge >= 0.3 is 0 Å². The molecule has 0 aliphatic rings. The van der Waals surface area contributed by atoms with Crippen LogP contribution in [0.3, 0.4) is 0 Å². The topological polar surface area (TPSA) is 25.2 Å². The summed E-state index contributed by atoms with van der Waals surface area (Å²) in [5, 5.41) is 4.49. The number of fused-ring (bicyclic) bond motifs is 1. The summed E-state index contributed by atoms with van der Waals surface area (Å²) < 4.78 is 6.09. The van der Waals surface area contributed by atoms with Crippen LogP contribution in [0.2, 0.25) is 0 Å². The molecule has 0 aliphatic heterocycles. The van der Waals surface area contributed by atoms with E-state index in [0.717, 1.165) is 24.3 Å². The molecule has 0 saturated carbocycles. The van der Waals surface area contributed by atoms with E-state index in [1.807, 2.05) is 7.05 Å². The second-order valence-corrected chi connectivity index (χ2v) is 5.52. The van der Waals surface area contributed by atoms with Crippen LogP contribution in [0.15, 0.2) is 16.5 Å². The maximum absolute atomic E-state index is 6.09. The van der Waals surface area contributed by atoms with Crippen LogP contribution in [0.4, 0.5) is 0 Å². The van der Waals surface area contributed by atoms with Gasteiger partial charge in [-0.15, -0.1) is 0 Å². The van der Waals surface area contributed by atoms with Crippen molar-refractivity contribution < 1.29 is 4.42 Å². The molecule has 0 amide bonds. The van der Waals surface area contributed by atoms with Gasteiger partial charge in [0.2, 0.25) is 0 Å². The standard InChI is InChI=1S/C16H23NO/c1-10(2)8-14-13-7-6-11(3)12(4)16(13)18-15(14)9-17-5/h6-7,10,17H,8-9H2,1-5H3. The lowest BCUT2D eigenvalue weighted by molar-refractivity contribution is 0.514. The van der Waals surface area contributed by atoms with Crippen molar-refractivity contribution in [1.29, 1.82) is 0 Å². The molecule has 0 bridgehead atoms. The van der Waals surface area contributed by atoms with Crippen LogP contribution < -0.4 is 5.32 Å². The summed E-state index contributed by atoms with van der Waals surface area (Å²) in [6.45, 7) is 9.59. The van der Waals surface area contributed by atoms with Gasteiger partial charge in [0.15, 0.2) is 0 Å². The number of hydrogen-bond acceptors (Lipinski definition) is 2. The second-order valence-electron chi connectivity index (χ2n) is 5.52. The average molecular weight is 245 g/mol. The molecule has 1 aromatic carbocycles. The van der Waals surface area contributed by atoms with Gasteiger partial charge in [0.05, 0.1) is 6.54 Å². The van der Waals surface area contributed by atoms with E-state index in [4.69, 9.17) is 4.42 Å². The quantitative estimate of drug-likeness (QED) is 0.881. The van der Waals surface area contributed by atoms with Crippen LogP contribution in [-0.4, -0.2) is 7.05 Å². The van der Waals surface area contributed by atoms with Crippen molar-refractivity contribution in [3.63, 3.8) is 0 Å². The predicted molar refractivity (Wildman–Crippen MR) is 77.0 cm³/mol. The molecule has 1 aromatic heterocycles. The minimum absolute atomic E-state index is 0.642. The highest BCUT2D eigenvalue weighted by molar-refractivity contribution is 5.85. The summed E-state index contributed by atoms with van der Waals surface area (Å²) in [6.07, 6.45) is 1.08. The Hall–Kier alpha value is -1.28. The largest absolute Gasteiger partial charge is 0.459 e. The summed E-state index contributed by atoms with van der Waals surface area (Å²) in [6, 6.07) is 4.40. The van der Waals surface area contributed by atoms with Gasteiger partial charge in [-0.1, -0.05) is 26.0 Å². The normalized spacial score (nSPS) is 11.7. The Morgan fingerprint density at radius 1 is 1.22 bits per heavy atom.